The molecule has 6 heteroatoms. The molecule has 1 aliphatic heterocycles. The van der Waals surface area contributed by atoms with E-state index in [1.807, 2.05) is 30.9 Å². The Labute approximate surface area is 127 Å². The Kier molecular flexibility index (Phi) is 3.62. The third kappa shape index (κ3) is 2.69. The maximum atomic E-state index is 13.2. The quantitative estimate of drug-likeness (QED) is 0.816. The molecule has 0 aliphatic carbocycles. The van der Waals surface area contributed by atoms with E-state index in [0.717, 1.165) is 11.2 Å². The van der Waals surface area contributed by atoms with Gasteiger partial charge in [-0.05, 0) is 12.1 Å². The number of ketones is 1. The summed E-state index contributed by atoms with van der Waals surface area (Å²) in [5.41, 5.74) is 2.21. The average Bonchev–Trinajstić information content (AvgIpc) is 2.89. The summed E-state index contributed by atoms with van der Waals surface area (Å²) in [6.45, 7) is 4.37. The van der Waals surface area contributed by atoms with E-state index in [0.29, 0.717) is 18.7 Å². The summed E-state index contributed by atoms with van der Waals surface area (Å²) in [7, 11) is 0. The van der Waals surface area contributed by atoms with Crippen molar-refractivity contribution >= 4 is 17.0 Å². The number of halogens is 2. The Bertz CT molecular complexity index is 698. The van der Waals surface area contributed by atoms with Crippen LogP contribution in [0.2, 0.25) is 0 Å². The number of Topliss-reactive ketones (excluding diaryl/α,β-unsaturated/α-hetero) is 1. The fraction of sp³-hybridized carbons (Fsp3) is 0.500. The average molecular weight is 307 g/mol. The molecule has 1 saturated heterocycles. The van der Waals surface area contributed by atoms with Gasteiger partial charge in [-0.1, -0.05) is 13.8 Å². The van der Waals surface area contributed by atoms with E-state index in [-0.39, 0.29) is 24.5 Å². The van der Waals surface area contributed by atoms with Gasteiger partial charge >= 0.3 is 0 Å². The number of pyridine rings is 1. The Morgan fingerprint density at radius 2 is 1.95 bits per heavy atom. The van der Waals surface area contributed by atoms with Crippen LogP contribution in [0.5, 0.6) is 0 Å². The molecule has 0 N–H and O–H groups in total. The van der Waals surface area contributed by atoms with Crippen molar-refractivity contribution in [3.63, 3.8) is 0 Å². The van der Waals surface area contributed by atoms with E-state index in [1.165, 1.54) is 0 Å². The third-order valence-corrected chi connectivity index (χ3v) is 4.15. The number of carbonyl (C=O) groups is 1. The van der Waals surface area contributed by atoms with E-state index in [2.05, 4.69) is 5.10 Å². The van der Waals surface area contributed by atoms with Crippen LogP contribution in [-0.2, 0) is 0 Å². The Morgan fingerprint density at radius 3 is 2.59 bits per heavy atom. The molecule has 2 aromatic rings. The zero-order chi connectivity index (χ0) is 15.9. The van der Waals surface area contributed by atoms with Crippen LogP contribution in [0.3, 0.4) is 0 Å². The van der Waals surface area contributed by atoms with E-state index < -0.39 is 5.92 Å². The molecule has 0 radical (unpaired) electrons. The number of aromatic nitrogens is 2. The highest BCUT2D eigenvalue weighted by molar-refractivity contribution is 6.03. The zero-order valence-electron chi connectivity index (χ0n) is 12.7. The van der Waals surface area contributed by atoms with Crippen molar-refractivity contribution in [2.24, 2.45) is 5.92 Å². The van der Waals surface area contributed by atoms with Crippen LogP contribution < -0.4 is 4.90 Å². The van der Waals surface area contributed by atoms with Crippen molar-refractivity contribution in [2.75, 3.05) is 18.0 Å². The molecule has 0 saturated carbocycles. The lowest BCUT2D eigenvalue weighted by molar-refractivity contribution is -0.0220. The first-order valence-corrected chi connectivity index (χ1v) is 7.52. The van der Waals surface area contributed by atoms with Crippen LogP contribution in [0.15, 0.2) is 24.5 Å². The molecule has 0 atom stereocenters. The lowest BCUT2D eigenvalue weighted by atomic mass is 10.0. The maximum absolute atomic E-state index is 13.2. The molecule has 1 aliphatic rings. The summed E-state index contributed by atoms with van der Waals surface area (Å²) < 4.78 is 28.1. The lowest BCUT2D eigenvalue weighted by Gasteiger charge is -2.33. The summed E-state index contributed by atoms with van der Waals surface area (Å²) in [4.78, 5) is 14.1. The van der Waals surface area contributed by atoms with Crippen LogP contribution in [0.1, 0.15) is 37.0 Å². The molecule has 0 bridgehead atoms. The molecule has 118 valence electrons. The Balaban J connectivity index is 1.87. The van der Waals surface area contributed by atoms with Gasteiger partial charge in [-0.15, -0.1) is 0 Å². The number of hydrogen-bond acceptors (Lipinski definition) is 3. The Hall–Kier alpha value is -1.98. The fourth-order valence-corrected chi connectivity index (χ4v) is 2.75. The van der Waals surface area contributed by atoms with Crippen LogP contribution in [0.25, 0.3) is 5.52 Å². The topological polar surface area (TPSA) is 37.6 Å². The van der Waals surface area contributed by atoms with Gasteiger partial charge in [-0.3, -0.25) is 4.79 Å². The zero-order valence-corrected chi connectivity index (χ0v) is 12.7. The van der Waals surface area contributed by atoms with E-state index in [1.54, 1.807) is 16.9 Å². The lowest BCUT2D eigenvalue weighted by Crippen LogP contribution is -2.39. The highest BCUT2D eigenvalue weighted by Gasteiger charge is 2.34. The van der Waals surface area contributed by atoms with Crippen LogP contribution >= 0.6 is 0 Å². The minimum absolute atomic E-state index is 0.0559. The molecule has 0 aromatic carbocycles. The number of carbonyl (C=O) groups excluding carboxylic acids is 1. The second-order valence-corrected chi connectivity index (χ2v) is 6.14. The van der Waals surface area contributed by atoms with Gasteiger partial charge in [0.15, 0.2) is 5.78 Å². The molecule has 22 heavy (non-hydrogen) atoms. The molecule has 0 unspecified atom stereocenters. The molecule has 0 spiro atoms. The molecular weight excluding hydrogens is 288 g/mol. The van der Waals surface area contributed by atoms with Crippen molar-refractivity contribution in [3.05, 3.63) is 30.1 Å². The van der Waals surface area contributed by atoms with Gasteiger partial charge in [0.25, 0.3) is 5.92 Å². The molecule has 1 fully saturated rings. The second kappa shape index (κ2) is 5.34. The van der Waals surface area contributed by atoms with Crippen LogP contribution in [-0.4, -0.2) is 34.4 Å². The second-order valence-electron chi connectivity index (χ2n) is 6.14. The number of fused-ring (bicyclic) bond motifs is 1. The van der Waals surface area contributed by atoms with E-state index >= 15 is 0 Å². The van der Waals surface area contributed by atoms with Crippen LogP contribution in [0, 0.1) is 5.92 Å². The summed E-state index contributed by atoms with van der Waals surface area (Å²) in [6.07, 6.45) is 3.13. The molecular formula is C16H19F2N3O. The summed E-state index contributed by atoms with van der Waals surface area (Å²) in [5.74, 6) is -2.58. The molecule has 3 rings (SSSR count). The van der Waals surface area contributed by atoms with Crippen molar-refractivity contribution in [2.45, 2.75) is 32.6 Å². The number of anilines is 1. The monoisotopic (exact) mass is 307 g/mol. The number of alkyl halides is 2. The van der Waals surface area contributed by atoms with Crippen molar-refractivity contribution in [3.8, 4) is 0 Å². The van der Waals surface area contributed by atoms with Crippen molar-refractivity contribution in [1.82, 2.24) is 9.61 Å². The molecule has 0 amide bonds. The number of nitrogens with zero attached hydrogens (tertiary/aromatic N) is 3. The first-order valence-electron chi connectivity index (χ1n) is 7.52. The summed E-state index contributed by atoms with van der Waals surface area (Å²) in [6, 6.07) is 3.71. The highest BCUT2D eigenvalue weighted by Crippen LogP contribution is 2.30. The normalized spacial score (nSPS) is 18.1. The van der Waals surface area contributed by atoms with Gasteiger partial charge in [-0.25, -0.2) is 13.3 Å². The van der Waals surface area contributed by atoms with Gasteiger partial charge in [0.2, 0.25) is 0 Å². The summed E-state index contributed by atoms with van der Waals surface area (Å²) >= 11 is 0. The minimum Gasteiger partial charge on any atom is -0.370 e. The SMILES string of the molecule is CC(C)C(=O)c1cnn2cc(N3CCC(F)(F)CC3)ccc12. The van der Waals surface area contributed by atoms with Gasteiger partial charge in [0.05, 0.1) is 29.2 Å². The van der Waals surface area contributed by atoms with Gasteiger partial charge in [0.1, 0.15) is 0 Å². The number of rotatable bonds is 3. The minimum atomic E-state index is -2.55. The predicted molar refractivity (Wildman–Crippen MR) is 80.8 cm³/mol. The van der Waals surface area contributed by atoms with Gasteiger partial charge in [0, 0.05) is 31.8 Å². The first kappa shape index (κ1) is 14.9. The molecule has 3 heterocycles. The van der Waals surface area contributed by atoms with Gasteiger partial charge < -0.3 is 4.90 Å². The molecule has 2 aromatic heterocycles. The van der Waals surface area contributed by atoms with Crippen LogP contribution in [0.4, 0.5) is 14.5 Å². The fourth-order valence-electron chi connectivity index (χ4n) is 2.75. The molecule has 4 nitrogen and oxygen atoms in total. The summed E-state index contributed by atoms with van der Waals surface area (Å²) in [5, 5.41) is 4.23. The van der Waals surface area contributed by atoms with E-state index in [4.69, 9.17) is 0 Å². The predicted octanol–water partition coefficient (Wildman–Crippen LogP) is 3.41. The largest absolute Gasteiger partial charge is 0.370 e. The van der Waals surface area contributed by atoms with Crippen molar-refractivity contribution < 1.29 is 13.6 Å². The smallest absolute Gasteiger partial charge is 0.251 e. The standard InChI is InChI=1S/C16H19F2N3O/c1-11(2)15(22)13-9-19-21-10-12(3-4-14(13)21)20-7-5-16(17,18)6-8-20/h3-4,9-11H,5-8H2,1-2H3. The first-order chi connectivity index (χ1) is 10.4. The van der Waals surface area contributed by atoms with Crippen molar-refractivity contribution in [1.29, 1.82) is 0 Å². The number of piperidine rings is 1. The van der Waals surface area contributed by atoms with Gasteiger partial charge in [-0.2, -0.15) is 5.10 Å². The maximum Gasteiger partial charge on any atom is 0.251 e. The highest BCUT2D eigenvalue weighted by atomic mass is 19.3. The third-order valence-electron chi connectivity index (χ3n) is 4.15. The Morgan fingerprint density at radius 1 is 1.27 bits per heavy atom. The van der Waals surface area contributed by atoms with E-state index in [9.17, 15) is 13.6 Å². The number of hydrogen-bond donors (Lipinski definition) is 0.